The Labute approximate surface area is 175 Å². The smallest absolute Gasteiger partial charge is 0.270 e. The van der Waals surface area contributed by atoms with Gasteiger partial charge in [-0.1, -0.05) is 30.3 Å². The van der Waals surface area contributed by atoms with E-state index in [0.717, 1.165) is 28.0 Å². The van der Waals surface area contributed by atoms with Crippen molar-refractivity contribution < 1.29 is 9.59 Å². The largest absolute Gasteiger partial charge is 0.349 e. The van der Waals surface area contributed by atoms with E-state index in [2.05, 4.69) is 28.3 Å². The maximum atomic E-state index is 13.1. The molecular formula is C23H27N3O2S. The van der Waals surface area contributed by atoms with Crippen LogP contribution >= 0.6 is 11.3 Å². The summed E-state index contributed by atoms with van der Waals surface area (Å²) in [6.45, 7) is 6.10. The number of carbonyl (C=O) groups excluding carboxylic acids is 2. The fourth-order valence-corrected chi connectivity index (χ4v) is 4.98. The molecule has 6 heteroatoms. The van der Waals surface area contributed by atoms with Gasteiger partial charge in [0.15, 0.2) is 0 Å². The summed E-state index contributed by atoms with van der Waals surface area (Å²) in [7, 11) is 0. The van der Waals surface area contributed by atoms with Crippen molar-refractivity contribution >= 4 is 33.4 Å². The average molecular weight is 410 g/mol. The van der Waals surface area contributed by atoms with Crippen LogP contribution in [0.1, 0.15) is 48.8 Å². The number of aryl methyl sites for hydroxylation is 1. The highest BCUT2D eigenvalue weighted by atomic mass is 32.1. The number of fused-ring (bicyclic) bond motifs is 1. The quantitative estimate of drug-likeness (QED) is 0.677. The second-order valence-electron chi connectivity index (χ2n) is 7.65. The Kier molecular flexibility index (Phi) is 5.72. The number of nitrogens with zero attached hydrogens (tertiary/aromatic N) is 2. The van der Waals surface area contributed by atoms with Crippen LogP contribution in [0.2, 0.25) is 0 Å². The summed E-state index contributed by atoms with van der Waals surface area (Å²) in [6, 6.07) is 14.1. The number of piperidine rings is 1. The van der Waals surface area contributed by atoms with Crippen LogP contribution in [0.3, 0.4) is 0 Å². The maximum absolute atomic E-state index is 13.1. The molecular weight excluding hydrogens is 382 g/mol. The number of likely N-dealkylation sites (tertiary alicyclic amines) is 1. The summed E-state index contributed by atoms with van der Waals surface area (Å²) in [5.41, 5.74) is 2.99. The fraction of sp³-hybridized carbons (Fsp3) is 0.391. The molecule has 1 atom stereocenters. The highest BCUT2D eigenvalue weighted by Crippen LogP contribution is 2.27. The first-order chi connectivity index (χ1) is 14.1. The number of rotatable bonds is 5. The van der Waals surface area contributed by atoms with Crippen LogP contribution < -0.4 is 5.32 Å². The molecule has 3 aromatic rings. The molecule has 29 heavy (non-hydrogen) atoms. The molecule has 1 N–H and O–H groups in total. The lowest BCUT2D eigenvalue weighted by molar-refractivity contribution is -0.127. The van der Waals surface area contributed by atoms with Gasteiger partial charge in [-0.2, -0.15) is 0 Å². The van der Waals surface area contributed by atoms with Crippen LogP contribution in [0.4, 0.5) is 0 Å². The first-order valence-electron chi connectivity index (χ1n) is 10.3. The van der Waals surface area contributed by atoms with Gasteiger partial charge in [0.05, 0.1) is 16.3 Å². The van der Waals surface area contributed by atoms with Crippen LogP contribution in [0.25, 0.3) is 10.2 Å². The molecule has 5 nitrogen and oxygen atoms in total. The molecule has 2 aromatic heterocycles. The third-order valence-electron chi connectivity index (χ3n) is 5.87. The lowest BCUT2D eigenvalue weighted by Gasteiger charge is -2.32. The van der Waals surface area contributed by atoms with Crippen LogP contribution in [0.15, 0.2) is 47.8 Å². The predicted octanol–water partition coefficient (Wildman–Crippen LogP) is 4.45. The lowest BCUT2D eigenvalue weighted by atomic mass is 9.95. The summed E-state index contributed by atoms with van der Waals surface area (Å²) >= 11 is 1.67. The number of benzene rings is 1. The zero-order valence-corrected chi connectivity index (χ0v) is 17.7. The molecule has 4 rings (SSSR count). The average Bonchev–Trinajstić information content (AvgIpc) is 3.35. The SMILES string of the molecule is CCn1c(C(=O)N2CCC(C(=O)NC(C)c3ccccc3)CC2)cc2sccc21. The van der Waals surface area contributed by atoms with Crippen molar-refractivity contribution in [3.63, 3.8) is 0 Å². The second kappa shape index (κ2) is 8.41. The summed E-state index contributed by atoms with van der Waals surface area (Å²) in [5.74, 6) is 0.129. The first-order valence-corrected chi connectivity index (χ1v) is 11.2. The van der Waals surface area contributed by atoms with Crippen LogP contribution in [0, 0.1) is 5.92 Å². The normalized spacial score (nSPS) is 16.1. The molecule has 1 unspecified atom stereocenters. The molecule has 0 radical (unpaired) electrons. The fourth-order valence-electron chi connectivity index (χ4n) is 4.16. The number of hydrogen-bond donors (Lipinski definition) is 1. The number of hydrogen-bond acceptors (Lipinski definition) is 3. The van der Waals surface area contributed by atoms with Gasteiger partial charge in [-0.15, -0.1) is 11.3 Å². The Morgan fingerprint density at radius 3 is 2.59 bits per heavy atom. The molecule has 2 amide bonds. The molecule has 3 heterocycles. The topological polar surface area (TPSA) is 54.3 Å². The number of nitrogens with one attached hydrogen (secondary N) is 1. The Balaban J connectivity index is 1.36. The monoisotopic (exact) mass is 409 g/mol. The van der Waals surface area contributed by atoms with E-state index < -0.39 is 0 Å². The molecule has 0 saturated carbocycles. The molecule has 0 bridgehead atoms. The molecule has 1 aliphatic heterocycles. The van der Waals surface area contributed by atoms with E-state index in [1.807, 2.05) is 48.2 Å². The molecule has 0 aliphatic carbocycles. The Morgan fingerprint density at radius 2 is 1.90 bits per heavy atom. The number of thiophene rings is 1. The van der Waals surface area contributed by atoms with Crippen molar-refractivity contribution in [2.45, 2.75) is 39.3 Å². The second-order valence-corrected chi connectivity index (χ2v) is 8.60. The van der Waals surface area contributed by atoms with Gasteiger partial charge in [0, 0.05) is 25.6 Å². The van der Waals surface area contributed by atoms with Gasteiger partial charge in [0.25, 0.3) is 5.91 Å². The third kappa shape index (κ3) is 3.94. The number of aromatic nitrogens is 1. The van der Waals surface area contributed by atoms with Crippen LogP contribution in [-0.2, 0) is 11.3 Å². The summed E-state index contributed by atoms with van der Waals surface area (Å²) in [6.07, 6.45) is 1.42. The molecule has 1 aliphatic rings. The van der Waals surface area contributed by atoms with E-state index in [9.17, 15) is 9.59 Å². The number of carbonyl (C=O) groups is 2. The third-order valence-corrected chi connectivity index (χ3v) is 6.72. The van der Waals surface area contributed by atoms with Crippen molar-refractivity contribution in [3.05, 3.63) is 59.1 Å². The molecule has 0 spiro atoms. The minimum Gasteiger partial charge on any atom is -0.349 e. The van der Waals surface area contributed by atoms with Crippen molar-refractivity contribution in [1.82, 2.24) is 14.8 Å². The molecule has 152 valence electrons. The van der Waals surface area contributed by atoms with Gasteiger partial charge in [0.1, 0.15) is 5.69 Å². The van der Waals surface area contributed by atoms with E-state index >= 15 is 0 Å². The molecule has 1 fully saturated rings. The van der Waals surface area contributed by atoms with E-state index in [1.54, 1.807) is 11.3 Å². The van der Waals surface area contributed by atoms with Gasteiger partial charge in [-0.3, -0.25) is 9.59 Å². The minimum absolute atomic E-state index is 0.0101. The molecule has 1 aromatic carbocycles. The predicted molar refractivity (Wildman–Crippen MR) is 117 cm³/mol. The summed E-state index contributed by atoms with van der Waals surface area (Å²) in [5, 5.41) is 5.19. The summed E-state index contributed by atoms with van der Waals surface area (Å²) in [4.78, 5) is 27.7. The van der Waals surface area contributed by atoms with Crippen LogP contribution in [-0.4, -0.2) is 34.4 Å². The van der Waals surface area contributed by atoms with E-state index in [1.165, 1.54) is 0 Å². The van der Waals surface area contributed by atoms with E-state index in [-0.39, 0.29) is 23.8 Å². The Bertz CT molecular complexity index is 1000. The van der Waals surface area contributed by atoms with Crippen molar-refractivity contribution in [3.8, 4) is 0 Å². The number of amides is 2. The van der Waals surface area contributed by atoms with E-state index in [0.29, 0.717) is 25.9 Å². The van der Waals surface area contributed by atoms with Crippen molar-refractivity contribution in [2.24, 2.45) is 5.92 Å². The minimum atomic E-state index is -0.0355. The highest BCUT2D eigenvalue weighted by Gasteiger charge is 2.30. The van der Waals surface area contributed by atoms with Gasteiger partial charge in [-0.25, -0.2) is 0 Å². The van der Waals surface area contributed by atoms with Gasteiger partial charge in [0.2, 0.25) is 5.91 Å². The Morgan fingerprint density at radius 1 is 1.17 bits per heavy atom. The van der Waals surface area contributed by atoms with Gasteiger partial charge < -0.3 is 14.8 Å². The first kappa shape index (κ1) is 19.7. The zero-order chi connectivity index (χ0) is 20.4. The van der Waals surface area contributed by atoms with Crippen molar-refractivity contribution in [1.29, 1.82) is 0 Å². The Hall–Kier alpha value is -2.60. The van der Waals surface area contributed by atoms with Gasteiger partial charge >= 0.3 is 0 Å². The van der Waals surface area contributed by atoms with Crippen LogP contribution in [0.5, 0.6) is 0 Å². The van der Waals surface area contributed by atoms with E-state index in [4.69, 9.17) is 0 Å². The highest BCUT2D eigenvalue weighted by molar-refractivity contribution is 7.17. The lowest BCUT2D eigenvalue weighted by Crippen LogP contribution is -2.43. The van der Waals surface area contributed by atoms with Gasteiger partial charge in [-0.05, 0) is 49.8 Å². The maximum Gasteiger partial charge on any atom is 0.270 e. The van der Waals surface area contributed by atoms with Crippen molar-refractivity contribution in [2.75, 3.05) is 13.1 Å². The zero-order valence-electron chi connectivity index (χ0n) is 16.9. The molecule has 1 saturated heterocycles. The summed E-state index contributed by atoms with van der Waals surface area (Å²) < 4.78 is 3.24. The standard InChI is InChI=1S/C23H27N3O2S/c1-3-26-19-11-14-29-21(19)15-20(26)23(28)25-12-9-18(10-13-25)22(27)24-16(2)17-7-5-4-6-8-17/h4-8,11,14-16,18H,3,9-10,12-13H2,1-2H3,(H,24,27).